The van der Waals surface area contributed by atoms with E-state index in [1.807, 2.05) is 6.92 Å². The molecule has 36 heavy (non-hydrogen) atoms. The van der Waals surface area contributed by atoms with Crippen molar-refractivity contribution in [2.75, 3.05) is 10.8 Å². The molecule has 2 N–H and O–H groups in total. The van der Waals surface area contributed by atoms with Gasteiger partial charge in [-0.2, -0.15) is 16.8 Å². The van der Waals surface area contributed by atoms with Crippen LogP contribution in [0.1, 0.15) is 24.8 Å². The average Bonchev–Trinajstić information content (AvgIpc) is 3.23. The summed E-state index contributed by atoms with van der Waals surface area (Å²) in [6, 6.07) is 7.83. The van der Waals surface area contributed by atoms with E-state index in [0.717, 1.165) is 0 Å². The van der Waals surface area contributed by atoms with Crippen molar-refractivity contribution in [2.24, 2.45) is 0 Å². The van der Waals surface area contributed by atoms with Gasteiger partial charge >= 0.3 is 16.0 Å². The van der Waals surface area contributed by atoms with Crippen molar-refractivity contribution in [1.29, 1.82) is 0 Å². The van der Waals surface area contributed by atoms with Crippen LogP contribution in [-0.2, 0) is 26.1 Å². The highest BCUT2D eigenvalue weighted by molar-refractivity contribution is 7.85. The molecule has 1 aromatic heterocycles. The van der Waals surface area contributed by atoms with Crippen molar-refractivity contribution in [3.63, 3.8) is 0 Å². The summed E-state index contributed by atoms with van der Waals surface area (Å²) in [6.07, 6.45) is 3.46. The molecule has 1 aliphatic rings. The van der Waals surface area contributed by atoms with Gasteiger partial charge < -0.3 is 9.15 Å². The number of benzene rings is 2. The third-order valence-electron chi connectivity index (χ3n) is 5.31. The van der Waals surface area contributed by atoms with E-state index in [0.29, 0.717) is 50.1 Å². The standard InChI is InChI=1S/C22H20Cl2N2O8S2/c1-3-14(7-21-25(11-35(27,28)29)17-9-15(23)4-5-19(17)33-21)8-22-26(12-36(30,31)32)18-10-16(24)13(2)6-20(18)34-22/h4-10H,3,11-12H2,1-2H3,(H-,27,28,29,30,31,32)/p+1. The SMILES string of the molecule is CCC(=C\c1oc2cc(C)c(Cl)cc2[n+]1CS(=O)(=O)O)/C=C1/Oc2ccc(Cl)cc2N1CS(=O)(=O)O. The Balaban J connectivity index is 1.84. The van der Waals surface area contributed by atoms with E-state index in [2.05, 4.69) is 0 Å². The molecule has 0 saturated heterocycles. The Kier molecular flexibility index (Phi) is 7.12. The van der Waals surface area contributed by atoms with E-state index in [1.54, 1.807) is 25.1 Å². The number of hydrogen-bond donors (Lipinski definition) is 2. The number of halogens is 2. The van der Waals surface area contributed by atoms with Crippen LogP contribution in [0.4, 0.5) is 5.69 Å². The molecule has 192 valence electrons. The van der Waals surface area contributed by atoms with Crippen LogP contribution >= 0.6 is 23.2 Å². The minimum absolute atomic E-state index is 0.0920. The highest BCUT2D eigenvalue weighted by Crippen LogP contribution is 2.41. The van der Waals surface area contributed by atoms with Gasteiger partial charge in [0, 0.05) is 17.2 Å². The molecule has 0 spiro atoms. The molecule has 4 rings (SSSR count). The second-order valence-electron chi connectivity index (χ2n) is 8.06. The number of anilines is 1. The molecule has 0 amide bonds. The van der Waals surface area contributed by atoms with Crippen LogP contribution in [-0.4, -0.2) is 31.8 Å². The molecule has 1 aliphatic heterocycles. The molecule has 10 nitrogen and oxygen atoms in total. The number of ether oxygens (including phenoxy) is 1. The van der Waals surface area contributed by atoms with Gasteiger partial charge in [0.1, 0.15) is 0 Å². The predicted molar refractivity (Wildman–Crippen MR) is 135 cm³/mol. The van der Waals surface area contributed by atoms with Crippen molar-refractivity contribution in [3.05, 3.63) is 69.4 Å². The van der Waals surface area contributed by atoms with Gasteiger partial charge in [-0.25, -0.2) is 0 Å². The Morgan fingerprint density at radius 1 is 1.11 bits per heavy atom. The Bertz CT molecular complexity index is 1640. The fraction of sp³-hybridized carbons (Fsp3) is 0.227. The van der Waals surface area contributed by atoms with Crippen LogP contribution in [0.25, 0.3) is 17.2 Å². The molecule has 0 saturated carbocycles. The third kappa shape index (κ3) is 5.85. The Morgan fingerprint density at radius 3 is 2.47 bits per heavy atom. The van der Waals surface area contributed by atoms with Crippen molar-refractivity contribution < 1.29 is 39.7 Å². The van der Waals surface area contributed by atoms with Gasteiger partial charge in [-0.3, -0.25) is 14.0 Å². The van der Waals surface area contributed by atoms with Crippen LogP contribution in [0.15, 0.2) is 52.3 Å². The molecule has 3 aromatic rings. The van der Waals surface area contributed by atoms with E-state index < -0.39 is 32.0 Å². The second-order valence-corrected chi connectivity index (χ2v) is 11.7. The molecule has 0 atom stereocenters. The molecule has 0 unspecified atom stereocenters. The maximum atomic E-state index is 11.7. The van der Waals surface area contributed by atoms with Crippen molar-refractivity contribution in [1.82, 2.24) is 0 Å². The zero-order valence-corrected chi connectivity index (χ0v) is 22.1. The summed E-state index contributed by atoms with van der Waals surface area (Å²) in [4.78, 5) is 1.24. The Morgan fingerprint density at radius 2 is 1.83 bits per heavy atom. The van der Waals surface area contributed by atoms with Crippen LogP contribution in [0.3, 0.4) is 0 Å². The number of hydrogen-bond acceptors (Lipinski definition) is 7. The van der Waals surface area contributed by atoms with Crippen molar-refractivity contribution >= 4 is 66.3 Å². The molecular formula is C22H21Cl2N2O8S2+. The van der Waals surface area contributed by atoms with Gasteiger partial charge in [-0.15, -0.1) is 4.57 Å². The number of oxazole rings is 1. The van der Waals surface area contributed by atoms with Crippen LogP contribution in [0, 0.1) is 6.92 Å². The van der Waals surface area contributed by atoms with Crippen molar-refractivity contribution in [2.45, 2.75) is 26.1 Å². The van der Waals surface area contributed by atoms with E-state index in [9.17, 15) is 25.9 Å². The Hall–Kier alpha value is -2.61. The largest absolute Gasteiger partial charge is 0.439 e. The fourth-order valence-electron chi connectivity index (χ4n) is 3.67. The first kappa shape index (κ1) is 26.5. The lowest BCUT2D eigenvalue weighted by Crippen LogP contribution is -2.39. The second kappa shape index (κ2) is 9.69. The summed E-state index contributed by atoms with van der Waals surface area (Å²) < 4.78 is 78.7. The monoisotopic (exact) mass is 575 g/mol. The number of aromatic nitrogens is 1. The number of allylic oxidation sites excluding steroid dienone is 2. The first-order valence-electron chi connectivity index (χ1n) is 10.4. The lowest BCUT2D eigenvalue weighted by molar-refractivity contribution is -0.658. The number of rotatable bonds is 7. The molecule has 0 aliphatic carbocycles. The molecule has 0 fully saturated rings. The van der Waals surface area contributed by atoms with Gasteiger partial charge in [-0.1, -0.05) is 30.1 Å². The molecule has 2 aromatic carbocycles. The maximum absolute atomic E-state index is 11.7. The minimum atomic E-state index is -4.44. The number of nitrogens with zero attached hydrogens (tertiary/aromatic N) is 2. The van der Waals surface area contributed by atoms with Gasteiger partial charge in [0.25, 0.3) is 21.5 Å². The van der Waals surface area contributed by atoms with E-state index in [1.165, 1.54) is 33.8 Å². The zero-order valence-electron chi connectivity index (χ0n) is 19.0. The van der Waals surface area contributed by atoms with Gasteiger partial charge in [0.05, 0.1) is 16.8 Å². The Labute approximate surface area is 217 Å². The summed E-state index contributed by atoms with van der Waals surface area (Å²) in [5.41, 5.74) is 2.31. The molecule has 2 heterocycles. The zero-order chi connectivity index (χ0) is 26.4. The summed E-state index contributed by atoms with van der Waals surface area (Å²) >= 11 is 12.3. The maximum Gasteiger partial charge on any atom is 0.375 e. The normalized spacial score (nSPS) is 15.6. The fourth-order valence-corrected chi connectivity index (χ4v) is 5.18. The third-order valence-corrected chi connectivity index (χ3v) is 7.13. The topological polar surface area (TPSA) is 138 Å². The van der Waals surface area contributed by atoms with Crippen LogP contribution in [0.2, 0.25) is 10.0 Å². The number of fused-ring (bicyclic) bond motifs is 2. The van der Waals surface area contributed by atoms with Crippen LogP contribution in [0.5, 0.6) is 5.75 Å². The summed E-state index contributed by atoms with van der Waals surface area (Å²) in [5.74, 6) is -1.05. The number of aryl methyl sites for hydroxylation is 1. The van der Waals surface area contributed by atoms with Crippen molar-refractivity contribution in [3.8, 4) is 5.75 Å². The summed E-state index contributed by atoms with van der Waals surface area (Å²) in [5, 5.41) is 0.727. The highest BCUT2D eigenvalue weighted by Gasteiger charge is 2.31. The predicted octanol–water partition coefficient (Wildman–Crippen LogP) is 4.56. The molecular weight excluding hydrogens is 555 g/mol. The quantitative estimate of drug-likeness (QED) is 0.306. The molecule has 14 heteroatoms. The smallest absolute Gasteiger partial charge is 0.375 e. The molecule has 0 radical (unpaired) electrons. The van der Waals surface area contributed by atoms with Gasteiger partial charge in [0.15, 0.2) is 11.6 Å². The highest BCUT2D eigenvalue weighted by atomic mass is 35.5. The lowest BCUT2D eigenvalue weighted by Gasteiger charge is -2.16. The van der Waals surface area contributed by atoms with Gasteiger partial charge in [-0.05, 0) is 48.7 Å². The first-order chi connectivity index (χ1) is 16.7. The van der Waals surface area contributed by atoms with Gasteiger partial charge in [0.2, 0.25) is 11.5 Å². The van der Waals surface area contributed by atoms with Crippen LogP contribution < -0.4 is 14.2 Å². The first-order valence-corrected chi connectivity index (χ1v) is 14.4. The summed E-state index contributed by atoms with van der Waals surface area (Å²) in [6.45, 7) is 3.58. The van der Waals surface area contributed by atoms with E-state index >= 15 is 0 Å². The van der Waals surface area contributed by atoms with E-state index in [-0.39, 0.29) is 11.8 Å². The van der Waals surface area contributed by atoms with E-state index in [4.69, 9.17) is 32.4 Å². The lowest BCUT2D eigenvalue weighted by atomic mass is 10.2. The molecule has 0 bridgehead atoms. The summed E-state index contributed by atoms with van der Waals surface area (Å²) in [7, 11) is -8.88. The average molecular weight is 576 g/mol. The minimum Gasteiger partial charge on any atom is -0.439 e.